The molecule has 2 aliphatic rings. The maximum Gasteiger partial charge on any atom is 0.258 e. The number of nitrogens with one attached hydrogen (secondary N) is 1. The zero-order valence-electron chi connectivity index (χ0n) is 15.2. The zero-order valence-corrected chi connectivity index (χ0v) is 15.2. The Morgan fingerprint density at radius 3 is 2.69 bits per heavy atom. The molecule has 0 saturated carbocycles. The molecule has 2 aromatic carbocycles. The van der Waals surface area contributed by atoms with Crippen LogP contribution in [0.5, 0.6) is 5.75 Å². The van der Waals surface area contributed by atoms with Gasteiger partial charge in [0.1, 0.15) is 11.4 Å². The molecule has 5 nitrogen and oxygen atoms in total. The Balaban J connectivity index is 1.76. The predicted octanol–water partition coefficient (Wildman–Crippen LogP) is 3.61. The van der Waals surface area contributed by atoms with Gasteiger partial charge in [-0.15, -0.1) is 0 Å². The van der Waals surface area contributed by atoms with Gasteiger partial charge < -0.3 is 19.7 Å². The molecule has 1 N–H and O–H groups in total. The predicted molar refractivity (Wildman–Crippen MR) is 100 cm³/mol. The summed E-state index contributed by atoms with van der Waals surface area (Å²) in [5.41, 5.74) is 1.93. The first-order valence-corrected chi connectivity index (χ1v) is 9.07. The van der Waals surface area contributed by atoms with Gasteiger partial charge >= 0.3 is 0 Å². The number of fused-ring (bicyclic) bond motifs is 1. The molecule has 26 heavy (non-hydrogen) atoms. The third kappa shape index (κ3) is 2.82. The number of para-hydroxylation sites is 1. The van der Waals surface area contributed by atoms with Gasteiger partial charge in [0.2, 0.25) is 0 Å². The third-order valence-corrected chi connectivity index (χ3v) is 5.38. The van der Waals surface area contributed by atoms with Crippen molar-refractivity contribution in [2.45, 2.75) is 31.5 Å². The van der Waals surface area contributed by atoms with Crippen molar-refractivity contribution in [2.24, 2.45) is 0 Å². The summed E-state index contributed by atoms with van der Waals surface area (Å²) in [6, 6.07) is 15.6. The highest BCUT2D eigenvalue weighted by molar-refractivity contribution is 6.02. The fourth-order valence-corrected chi connectivity index (χ4v) is 3.86. The van der Waals surface area contributed by atoms with Crippen LogP contribution in [0, 0.1) is 0 Å². The number of carbonyl (C=O) groups is 1. The van der Waals surface area contributed by atoms with E-state index in [4.69, 9.17) is 9.47 Å². The van der Waals surface area contributed by atoms with Crippen molar-refractivity contribution in [3.05, 3.63) is 59.7 Å². The molecule has 136 valence electrons. The molecule has 1 saturated heterocycles. The van der Waals surface area contributed by atoms with Crippen LogP contribution in [-0.4, -0.2) is 37.2 Å². The first kappa shape index (κ1) is 16.9. The number of benzene rings is 2. The Morgan fingerprint density at radius 2 is 2.00 bits per heavy atom. The van der Waals surface area contributed by atoms with Crippen molar-refractivity contribution >= 4 is 11.6 Å². The fraction of sp³-hybridized carbons (Fsp3) is 0.381. The summed E-state index contributed by atoms with van der Waals surface area (Å²) < 4.78 is 11.1. The number of ether oxygens (including phenoxy) is 2. The number of hydrogen-bond acceptors (Lipinski definition) is 4. The molecule has 1 fully saturated rings. The Kier molecular flexibility index (Phi) is 4.32. The van der Waals surface area contributed by atoms with Crippen LogP contribution in [0.3, 0.4) is 0 Å². The highest BCUT2D eigenvalue weighted by Crippen LogP contribution is 2.38. The van der Waals surface area contributed by atoms with E-state index in [1.807, 2.05) is 53.4 Å². The quantitative estimate of drug-likeness (QED) is 0.913. The standard InChI is InChI=1S/C21H24N2O3/c1-21(15-9-11-16(25-2)12-10-15)22-19-8-4-3-7-18(19)20(24)23(21)14-17-6-5-13-26-17/h3-4,7-12,17,22H,5-6,13-14H2,1-2H3. The van der Waals surface area contributed by atoms with Gasteiger partial charge in [-0.25, -0.2) is 0 Å². The zero-order chi connectivity index (χ0) is 18.1. The number of rotatable bonds is 4. The second-order valence-corrected chi connectivity index (χ2v) is 7.02. The van der Waals surface area contributed by atoms with Gasteiger partial charge in [0.15, 0.2) is 0 Å². The molecule has 0 aromatic heterocycles. The lowest BCUT2D eigenvalue weighted by Crippen LogP contribution is -2.57. The molecule has 4 rings (SSSR count). The van der Waals surface area contributed by atoms with Crippen LogP contribution < -0.4 is 10.1 Å². The fourth-order valence-electron chi connectivity index (χ4n) is 3.86. The van der Waals surface area contributed by atoms with Crippen LogP contribution in [0.4, 0.5) is 5.69 Å². The monoisotopic (exact) mass is 352 g/mol. The molecule has 0 radical (unpaired) electrons. The molecule has 5 heteroatoms. The normalized spacial score (nSPS) is 24.9. The van der Waals surface area contributed by atoms with Crippen molar-refractivity contribution in [3.63, 3.8) is 0 Å². The van der Waals surface area contributed by atoms with E-state index in [-0.39, 0.29) is 12.0 Å². The molecular formula is C21H24N2O3. The number of nitrogens with zero attached hydrogens (tertiary/aromatic N) is 1. The minimum Gasteiger partial charge on any atom is -0.497 e. The summed E-state index contributed by atoms with van der Waals surface area (Å²) in [6.45, 7) is 3.40. The number of hydrogen-bond donors (Lipinski definition) is 1. The first-order chi connectivity index (χ1) is 12.6. The molecule has 0 spiro atoms. The minimum absolute atomic E-state index is 0.0353. The summed E-state index contributed by atoms with van der Waals surface area (Å²) in [5.74, 6) is 0.832. The number of methoxy groups -OCH3 is 1. The summed E-state index contributed by atoms with van der Waals surface area (Å²) in [5, 5.41) is 3.59. The summed E-state index contributed by atoms with van der Waals surface area (Å²) in [4.78, 5) is 15.2. The highest BCUT2D eigenvalue weighted by atomic mass is 16.5. The molecule has 0 bridgehead atoms. The molecule has 2 heterocycles. The smallest absolute Gasteiger partial charge is 0.258 e. The van der Waals surface area contributed by atoms with Gasteiger partial charge in [-0.2, -0.15) is 0 Å². The topological polar surface area (TPSA) is 50.8 Å². The van der Waals surface area contributed by atoms with Gasteiger partial charge in [-0.1, -0.05) is 24.3 Å². The first-order valence-electron chi connectivity index (χ1n) is 9.07. The lowest BCUT2D eigenvalue weighted by atomic mass is 9.93. The molecular weight excluding hydrogens is 328 g/mol. The number of amides is 1. The van der Waals surface area contributed by atoms with E-state index in [0.717, 1.165) is 36.4 Å². The Morgan fingerprint density at radius 1 is 1.23 bits per heavy atom. The van der Waals surface area contributed by atoms with E-state index in [1.165, 1.54) is 0 Å². The number of carbonyl (C=O) groups excluding carboxylic acids is 1. The number of anilines is 1. The van der Waals surface area contributed by atoms with E-state index in [0.29, 0.717) is 12.1 Å². The summed E-state index contributed by atoms with van der Waals surface area (Å²) >= 11 is 0. The van der Waals surface area contributed by atoms with E-state index >= 15 is 0 Å². The van der Waals surface area contributed by atoms with Crippen LogP contribution in [0.15, 0.2) is 48.5 Å². The van der Waals surface area contributed by atoms with Crippen LogP contribution in [0.25, 0.3) is 0 Å². The third-order valence-electron chi connectivity index (χ3n) is 5.38. The average Bonchev–Trinajstić information content (AvgIpc) is 3.18. The van der Waals surface area contributed by atoms with Crippen LogP contribution in [0.1, 0.15) is 35.7 Å². The molecule has 2 atom stereocenters. The van der Waals surface area contributed by atoms with Crippen molar-refractivity contribution in [3.8, 4) is 5.75 Å². The minimum atomic E-state index is -0.649. The van der Waals surface area contributed by atoms with Gasteiger partial charge in [0, 0.05) is 18.8 Å². The molecule has 1 amide bonds. The van der Waals surface area contributed by atoms with E-state index in [2.05, 4.69) is 12.2 Å². The molecule has 0 aliphatic carbocycles. The SMILES string of the molecule is COc1ccc(C2(C)Nc3ccccc3C(=O)N2CC2CCCO2)cc1. The van der Waals surface area contributed by atoms with E-state index < -0.39 is 5.66 Å². The summed E-state index contributed by atoms with van der Waals surface area (Å²) in [7, 11) is 1.65. The lowest BCUT2D eigenvalue weighted by Gasteiger charge is -2.47. The maximum atomic E-state index is 13.3. The van der Waals surface area contributed by atoms with E-state index in [9.17, 15) is 4.79 Å². The maximum absolute atomic E-state index is 13.3. The molecule has 2 aliphatic heterocycles. The largest absolute Gasteiger partial charge is 0.497 e. The van der Waals surface area contributed by atoms with Gasteiger partial charge in [0.25, 0.3) is 5.91 Å². The van der Waals surface area contributed by atoms with Gasteiger partial charge in [-0.05, 0) is 49.6 Å². The average molecular weight is 352 g/mol. The van der Waals surface area contributed by atoms with Crippen molar-refractivity contribution in [1.82, 2.24) is 4.90 Å². The lowest BCUT2D eigenvalue weighted by molar-refractivity contribution is 0.0242. The van der Waals surface area contributed by atoms with Crippen molar-refractivity contribution in [1.29, 1.82) is 0 Å². The Bertz CT molecular complexity index is 799. The van der Waals surface area contributed by atoms with E-state index in [1.54, 1.807) is 7.11 Å². The van der Waals surface area contributed by atoms with Crippen molar-refractivity contribution in [2.75, 3.05) is 25.6 Å². The summed E-state index contributed by atoms with van der Waals surface area (Å²) in [6.07, 6.45) is 2.13. The van der Waals surface area contributed by atoms with Crippen LogP contribution in [0.2, 0.25) is 0 Å². The Hall–Kier alpha value is -2.53. The second kappa shape index (κ2) is 6.65. The Labute approximate surface area is 153 Å². The van der Waals surface area contributed by atoms with Crippen molar-refractivity contribution < 1.29 is 14.3 Å². The second-order valence-electron chi connectivity index (χ2n) is 7.02. The van der Waals surface area contributed by atoms with Gasteiger partial charge in [-0.3, -0.25) is 4.79 Å². The van der Waals surface area contributed by atoms with Gasteiger partial charge in [0.05, 0.1) is 18.8 Å². The highest BCUT2D eigenvalue weighted by Gasteiger charge is 2.43. The molecule has 2 unspecified atom stereocenters. The van der Waals surface area contributed by atoms with Crippen LogP contribution >= 0.6 is 0 Å². The molecule has 2 aromatic rings. The van der Waals surface area contributed by atoms with Crippen LogP contribution in [-0.2, 0) is 10.4 Å².